The van der Waals surface area contributed by atoms with Crippen LogP contribution in [-0.4, -0.2) is 24.5 Å². The number of rotatable bonds is 4. The van der Waals surface area contributed by atoms with Crippen molar-refractivity contribution >= 4 is 23.3 Å². The minimum Gasteiger partial charge on any atom is -0.333 e. The average molecular weight is 351 g/mol. The first kappa shape index (κ1) is 18.0. The van der Waals surface area contributed by atoms with E-state index in [9.17, 15) is 9.59 Å². The molecule has 5 nitrogen and oxygen atoms in total. The quantitative estimate of drug-likeness (QED) is 0.880. The summed E-state index contributed by atoms with van der Waals surface area (Å²) in [6.45, 7) is 6.63. The van der Waals surface area contributed by atoms with Crippen LogP contribution in [0.3, 0.4) is 0 Å². The zero-order valence-corrected chi connectivity index (χ0v) is 15.5. The van der Waals surface area contributed by atoms with Gasteiger partial charge in [0, 0.05) is 24.3 Å². The molecule has 1 atom stereocenters. The highest BCUT2D eigenvalue weighted by atomic mass is 16.2. The summed E-state index contributed by atoms with van der Waals surface area (Å²) in [6.07, 6.45) is 1.16. The van der Waals surface area contributed by atoms with Crippen molar-refractivity contribution in [3.63, 3.8) is 0 Å². The average Bonchev–Trinajstić information content (AvgIpc) is 2.98. The van der Waals surface area contributed by atoms with Gasteiger partial charge in [-0.05, 0) is 55.2 Å². The first-order valence-corrected chi connectivity index (χ1v) is 9.01. The van der Waals surface area contributed by atoms with Gasteiger partial charge in [0.05, 0.1) is 6.04 Å². The number of carbonyl (C=O) groups excluding carboxylic acids is 2. The van der Waals surface area contributed by atoms with Crippen molar-refractivity contribution in [2.75, 3.05) is 16.8 Å². The van der Waals surface area contributed by atoms with Gasteiger partial charge < -0.3 is 15.5 Å². The largest absolute Gasteiger partial charge is 0.333 e. The minimum absolute atomic E-state index is 0.0347. The number of nitrogens with one attached hydrogen (secondary N) is 2. The fourth-order valence-corrected chi connectivity index (χ4v) is 3.24. The van der Waals surface area contributed by atoms with E-state index in [-0.39, 0.29) is 18.0 Å². The molecule has 1 aliphatic rings. The molecule has 0 aliphatic carbocycles. The molecule has 1 fully saturated rings. The molecule has 1 heterocycles. The predicted octanol–water partition coefficient (Wildman–Crippen LogP) is 3.79. The van der Waals surface area contributed by atoms with Gasteiger partial charge >= 0.3 is 6.03 Å². The monoisotopic (exact) mass is 351 g/mol. The molecule has 2 N–H and O–H groups in total. The van der Waals surface area contributed by atoms with Gasteiger partial charge in [-0.25, -0.2) is 4.79 Å². The van der Waals surface area contributed by atoms with Crippen molar-refractivity contribution in [1.29, 1.82) is 0 Å². The highest BCUT2D eigenvalue weighted by molar-refractivity contribution is 5.97. The van der Waals surface area contributed by atoms with E-state index in [1.807, 2.05) is 56.3 Å². The number of para-hydroxylation sites is 1. The Kier molecular flexibility index (Phi) is 5.26. The summed E-state index contributed by atoms with van der Waals surface area (Å²) >= 11 is 0. The van der Waals surface area contributed by atoms with Crippen LogP contribution in [0, 0.1) is 13.8 Å². The van der Waals surface area contributed by atoms with E-state index >= 15 is 0 Å². The SMILES string of the molecule is CCc1ccccc1NC(=O)N[C@@H]1CC(=O)N(c2ccc(C)c(C)c2)C1. The molecular formula is C21H25N3O2. The number of nitrogens with zero attached hydrogens (tertiary/aromatic N) is 1. The van der Waals surface area contributed by atoms with Crippen molar-refractivity contribution in [3.05, 3.63) is 59.2 Å². The van der Waals surface area contributed by atoms with Gasteiger partial charge in [0.15, 0.2) is 0 Å². The number of hydrogen-bond donors (Lipinski definition) is 2. The molecule has 1 saturated heterocycles. The first-order chi connectivity index (χ1) is 12.5. The van der Waals surface area contributed by atoms with Crippen LogP contribution in [0.1, 0.15) is 30.0 Å². The third-order valence-electron chi connectivity index (χ3n) is 4.91. The fourth-order valence-electron chi connectivity index (χ4n) is 3.24. The van der Waals surface area contributed by atoms with E-state index in [0.29, 0.717) is 13.0 Å². The zero-order chi connectivity index (χ0) is 18.7. The summed E-state index contributed by atoms with van der Waals surface area (Å²) in [7, 11) is 0. The van der Waals surface area contributed by atoms with Crippen LogP contribution in [0.2, 0.25) is 0 Å². The molecule has 0 saturated carbocycles. The maximum atomic E-state index is 12.4. The van der Waals surface area contributed by atoms with Gasteiger partial charge in [0.25, 0.3) is 0 Å². The van der Waals surface area contributed by atoms with Crippen LogP contribution >= 0.6 is 0 Å². The molecule has 0 bridgehead atoms. The summed E-state index contributed by atoms with van der Waals surface area (Å²) in [5.41, 5.74) is 5.13. The lowest BCUT2D eigenvalue weighted by atomic mass is 10.1. The third-order valence-corrected chi connectivity index (χ3v) is 4.91. The first-order valence-electron chi connectivity index (χ1n) is 9.01. The second kappa shape index (κ2) is 7.60. The predicted molar refractivity (Wildman–Crippen MR) is 105 cm³/mol. The summed E-state index contributed by atoms with van der Waals surface area (Å²) in [4.78, 5) is 26.5. The summed E-state index contributed by atoms with van der Waals surface area (Å²) < 4.78 is 0. The molecule has 2 aromatic rings. The van der Waals surface area contributed by atoms with Crippen LogP contribution in [0.25, 0.3) is 0 Å². The molecule has 2 aromatic carbocycles. The Bertz CT molecular complexity index is 832. The van der Waals surface area contributed by atoms with Crippen LogP contribution in [-0.2, 0) is 11.2 Å². The Hall–Kier alpha value is -2.82. The van der Waals surface area contributed by atoms with E-state index in [2.05, 4.69) is 17.6 Å². The lowest BCUT2D eigenvalue weighted by molar-refractivity contribution is -0.117. The Balaban J connectivity index is 1.63. The third kappa shape index (κ3) is 3.87. The van der Waals surface area contributed by atoms with E-state index in [4.69, 9.17) is 0 Å². The number of hydrogen-bond acceptors (Lipinski definition) is 2. The van der Waals surface area contributed by atoms with E-state index in [1.165, 1.54) is 5.56 Å². The molecule has 26 heavy (non-hydrogen) atoms. The molecule has 0 aromatic heterocycles. The second-order valence-electron chi connectivity index (χ2n) is 6.78. The minimum atomic E-state index is -0.273. The van der Waals surface area contributed by atoms with Gasteiger partial charge in [-0.1, -0.05) is 31.2 Å². The number of anilines is 2. The molecule has 3 rings (SSSR count). The van der Waals surface area contributed by atoms with Crippen LogP contribution in [0.4, 0.5) is 16.2 Å². The lowest BCUT2D eigenvalue weighted by Crippen LogP contribution is -2.39. The fraction of sp³-hybridized carbons (Fsp3) is 0.333. The molecule has 0 spiro atoms. The molecule has 3 amide bonds. The normalized spacial score (nSPS) is 16.7. The van der Waals surface area contributed by atoms with Crippen molar-refractivity contribution in [1.82, 2.24) is 5.32 Å². The smallest absolute Gasteiger partial charge is 0.319 e. The lowest BCUT2D eigenvalue weighted by Gasteiger charge is -2.19. The van der Waals surface area contributed by atoms with Gasteiger partial charge in [0.1, 0.15) is 0 Å². The van der Waals surface area contributed by atoms with Gasteiger partial charge in [-0.3, -0.25) is 4.79 Å². The van der Waals surface area contributed by atoms with Gasteiger partial charge in [-0.15, -0.1) is 0 Å². The molecule has 0 unspecified atom stereocenters. The maximum Gasteiger partial charge on any atom is 0.319 e. The maximum absolute atomic E-state index is 12.4. The van der Waals surface area contributed by atoms with Crippen molar-refractivity contribution in [2.45, 2.75) is 39.7 Å². The van der Waals surface area contributed by atoms with Crippen LogP contribution < -0.4 is 15.5 Å². The molecule has 0 radical (unpaired) electrons. The topological polar surface area (TPSA) is 61.4 Å². The number of aryl methyl sites for hydroxylation is 3. The molecule has 5 heteroatoms. The highest BCUT2D eigenvalue weighted by Gasteiger charge is 2.31. The van der Waals surface area contributed by atoms with Crippen LogP contribution in [0.5, 0.6) is 0 Å². The van der Waals surface area contributed by atoms with Crippen molar-refractivity contribution in [3.8, 4) is 0 Å². The second-order valence-corrected chi connectivity index (χ2v) is 6.78. The number of carbonyl (C=O) groups is 2. The molecule has 136 valence electrons. The summed E-state index contributed by atoms with van der Waals surface area (Å²) in [5, 5.41) is 5.82. The Morgan fingerprint density at radius 3 is 2.65 bits per heavy atom. The standard InChI is InChI=1S/C21H25N3O2/c1-4-16-7-5-6-8-19(16)23-21(26)22-17-12-20(25)24(13-17)18-10-9-14(2)15(3)11-18/h5-11,17H,4,12-13H2,1-3H3,(H2,22,23,26)/t17-/m1/s1. The van der Waals surface area contributed by atoms with E-state index in [0.717, 1.165) is 28.9 Å². The van der Waals surface area contributed by atoms with Gasteiger partial charge in [0.2, 0.25) is 5.91 Å². The number of urea groups is 1. The van der Waals surface area contributed by atoms with E-state index in [1.54, 1.807) is 4.90 Å². The Labute approximate surface area is 154 Å². The van der Waals surface area contributed by atoms with Gasteiger partial charge in [-0.2, -0.15) is 0 Å². The van der Waals surface area contributed by atoms with Crippen molar-refractivity contribution < 1.29 is 9.59 Å². The van der Waals surface area contributed by atoms with E-state index < -0.39 is 0 Å². The highest BCUT2D eigenvalue weighted by Crippen LogP contribution is 2.24. The number of benzene rings is 2. The summed E-state index contributed by atoms with van der Waals surface area (Å²) in [5.74, 6) is 0.0347. The van der Waals surface area contributed by atoms with Crippen LogP contribution in [0.15, 0.2) is 42.5 Å². The molecule has 1 aliphatic heterocycles. The Morgan fingerprint density at radius 2 is 1.92 bits per heavy atom. The molecular weight excluding hydrogens is 326 g/mol. The zero-order valence-electron chi connectivity index (χ0n) is 15.5. The Morgan fingerprint density at radius 1 is 1.15 bits per heavy atom. The summed E-state index contributed by atoms with van der Waals surface area (Å²) in [6, 6.07) is 13.3. The number of amides is 3. The van der Waals surface area contributed by atoms with Crippen molar-refractivity contribution in [2.24, 2.45) is 0 Å².